The lowest BCUT2D eigenvalue weighted by molar-refractivity contribution is -0.224. The molecule has 0 radical (unpaired) electrons. The summed E-state index contributed by atoms with van der Waals surface area (Å²) < 4.78 is 28.0. The van der Waals surface area contributed by atoms with Crippen LogP contribution in [-0.4, -0.2) is 36.0 Å². The van der Waals surface area contributed by atoms with Gasteiger partial charge in [-0.25, -0.2) is 14.0 Å². The van der Waals surface area contributed by atoms with Gasteiger partial charge in [0.05, 0.1) is 13.2 Å². The van der Waals surface area contributed by atoms with Gasteiger partial charge in [0.15, 0.2) is 0 Å². The van der Waals surface area contributed by atoms with Crippen LogP contribution in [0.25, 0.3) is 0 Å². The Balaban J connectivity index is 2.37. The molecule has 0 saturated heterocycles. The fourth-order valence-corrected chi connectivity index (χ4v) is 2.40. The third kappa shape index (κ3) is 3.91. The molecule has 24 heavy (non-hydrogen) atoms. The lowest BCUT2D eigenvalue weighted by Crippen LogP contribution is -2.46. The van der Waals surface area contributed by atoms with Gasteiger partial charge in [-0.1, -0.05) is 12.1 Å². The Morgan fingerprint density at radius 3 is 2.46 bits per heavy atom. The number of carbonyl (C=O) groups excluding carboxylic acids is 2. The first kappa shape index (κ1) is 17.9. The molecule has 1 aliphatic rings. The highest BCUT2D eigenvalue weighted by Crippen LogP contribution is 2.36. The average molecular weight is 338 g/mol. The van der Waals surface area contributed by atoms with Gasteiger partial charge in [-0.3, -0.25) is 0 Å². The zero-order valence-electron chi connectivity index (χ0n) is 13.5. The predicted molar refractivity (Wildman–Crippen MR) is 81.1 cm³/mol. The number of aliphatic hydroxyl groups is 1. The maximum absolute atomic E-state index is 13.1. The Kier molecular flexibility index (Phi) is 5.56. The monoisotopic (exact) mass is 338 g/mol. The van der Waals surface area contributed by atoms with E-state index < -0.39 is 29.5 Å². The second-order valence-electron chi connectivity index (χ2n) is 5.22. The molecule has 2 rings (SSSR count). The van der Waals surface area contributed by atoms with Crippen LogP contribution in [0.5, 0.6) is 0 Å². The maximum Gasteiger partial charge on any atom is 0.379 e. The molecule has 0 fully saturated rings. The molecule has 0 bridgehead atoms. The lowest BCUT2D eigenvalue weighted by Gasteiger charge is -2.33. The first-order valence-corrected chi connectivity index (χ1v) is 7.62. The molecule has 7 heteroatoms. The van der Waals surface area contributed by atoms with Gasteiger partial charge < -0.3 is 19.3 Å². The number of rotatable bonds is 5. The van der Waals surface area contributed by atoms with Gasteiger partial charge in [0.25, 0.3) is 0 Å². The van der Waals surface area contributed by atoms with E-state index in [2.05, 4.69) is 0 Å². The van der Waals surface area contributed by atoms with Gasteiger partial charge in [-0.15, -0.1) is 0 Å². The van der Waals surface area contributed by atoms with Crippen LogP contribution in [0.2, 0.25) is 0 Å². The van der Waals surface area contributed by atoms with Crippen molar-refractivity contribution in [3.63, 3.8) is 0 Å². The molecule has 1 aromatic carbocycles. The Labute approximate surface area is 138 Å². The topological polar surface area (TPSA) is 82.1 Å². The molecule has 1 heterocycles. The summed E-state index contributed by atoms with van der Waals surface area (Å²) in [6, 6.07) is 5.53. The minimum atomic E-state index is -2.31. The zero-order valence-corrected chi connectivity index (χ0v) is 13.5. The third-order valence-electron chi connectivity index (χ3n) is 3.50. The summed E-state index contributed by atoms with van der Waals surface area (Å²) in [5, 5.41) is 10.5. The molecule has 1 N–H and O–H groups in total. The highest BCUT2D eigenvalue weighted by molar-refractivity contribution is 5.88. The highest BCUT2D eigenvalue weighted by atomic mass is 19.1. The number of hydrogen-bond donors (Lipinski definition) is 1. The molecular formula is C17H19FO6. The van der Waals surface area contributed by atoms with Gasteiger partial charge in [-0.05, 0) is 37.6 Å². The van der Waals surface area contributed by atoms with Crippen molar-refractivity contribution in [1.29, 1.82) is 0 Å². The molecular weight excluding hydrogens is 319 g/mol. The number of carbonyl (C=O) groups is 2. The zero-order chi connectivity index (χ0) is 17.7. The first-order chi connectivity index (χ1) is 11.4. The van der Waals surface area contributed by atoms with Crippen molar-refractivity contribution in [2.45, 2.75) is 32.0 Å². The number of halogens is 1. The third-order valence-corrected chi connectivity index (χ3v) is 3.50. The van der Waals surface area contributed by atoms with Crippen LogP contribution >= 0.6 is 0 Å². The summed E-state index contributed by atoms with van der Waals surface area (Å²) in [6.45, 7) is 3.36. The van der Waals surface area contributed by atoms with E-state index >= 15 is 0 Å². The Bertz CT molecular complexity index is 639. The quantitative estimate of drug-likeness (QED) is 0.827. The van der Waals surface area contributed by atoms with Crippen molar-refractivity contribution >= 4 is 11.9 Å². The smallest absolute Gasteiger partial charge is 0.379 e. The number of ether oxygens (including phenoxy) is 3. The summed E-state index contributed by atoms with van der Waals surface area (Å²) >= 11 is 0. The molecule has 6 nitrogen and oxygen atoms in total. The summed E-state index contributed by atoms with van der Waals surface area (Å²) in [4.78, 5) is 24.0. The Morgan fingerprint density at radius 1 is 1.25 bits per heavy atom. The molecule has 1 aliphatic heterocycles. The van der Waals surface area contributed by atoms with Crippen molar-refractivity contribution in [1.82, 2.24) is 0 Å². The highest BCUT2D eigenvalue weighted by Gasteiger charge is 2.47. The van der Waals surface area contributed by atoms with E-state index in [4.69, 9.17) is 14.2 Å². The molecule has 0 spiro atoms. The van der Waals surface area contributed by atoms with Crippen LogP contribution in [0.4, 0.5) is 4.39 Å². The van der Waals surface area contributed by atoms with Crippen LogP contribution in [0.15, 0.2) is 36.1 Å². The van der Waals surface area contributed by atoms with E-state index in [9.17, 15) is 19.1 Å². The normalized spacial score (nSPS) is 23.0. The number of esters is 2. The van der Waals surface area contributed by atoms with Gasteiger partial charge in [-0.2, -0.15) is 0 Å². The average Bonchev–Trinajstić information content (AvgIpc) is 2.55. The van der Waals surface area contributed by atoms with Crippen molar-refractivity contribution in [2.75, 3.05) is 13.2 Å². The predicted octanol–water partition coefficient (Wildman–Crippen LogP) is 2.03. The lowest BCUT2D eigenvalue weighted by atomic mass is 9.88. The van der Waals surface area contributed by atoms with Gasteiger partial charge in [0.1, 0.15) is 5.82 Å². The molecule has 130 valence electrons. The van der Waals surface area contributed by atoms with Crippen LogP contribution < -0.4 is 0 Å². The SMILES string of the molecule is CCOC(=O)C1=CC(c2ccc(F)cc2)CC(O)(C(=O)OCC)O1. The molecule has 2 atom stereocenters. The van der Waals surface area contributed by atoms with E-state index in [-0.39, 0.29) is 25.4 Å². The maximum atomic E-state index is 13.1. The van der Waals surface area contributed by atoms with Crippen molar-refractivity contribution < 1.29 is 33.3 Å². The van der Waals surface area contributed by atoms with Crippen molar-refractivity contribution in [2.24, 2.45) is 0 Å². The fourth-order valence-electron chi connectivity index (χ4n) is 2.40. The number of benzene rings is 1. The van der Waals surface area contributed by atoms with Crippen LogP contribution in [-0.2, 0) is 23.8 Å². The van der Waals surface area contributed by atoms with Crippen LogP contribution in [0, 0.1) is 5.82 Å². The van der Waals surface area contributed by atoms with E-state index in [1.807, 2.05) is 0 Å². The molecule has 0 aromatic heterocycles. The van der Waals surface area contributed by atoms with Crippen LogP contribution in [0.3, 0.4) is 0 Å². The Hall–Kier alpha value is -2.41. The molecule has 1 aromatic rings. The second-order valence-corrected chi connectivity index (χ2v) is 5.22. The minimum Gasteiger partial charge on any atom is -0.461 e. The van der Waals surface area contributed by atoms with Gasteiger partial charge in [0.2, 0.25) is 5.76 Å². The standard InChI is InChI=1S/C17H19FO6/c1-3-22-15(19)14-9-12(11-5-7-13(18)8-6-11)10-17(21,24-14)16(20)23-4-2/h5-9,12,21H,3-4,10H2,1-2H3. The summed E-state index contributed by atoms with van der Waals surface area (Å²) in [5.74, 6) is -5.35. The summed E-state index contributed by atoms with van der Waals surface area (Å²) in [5.41, 5.74) is 0.615. The number of hydrogen-bond acceptors (Lipinski definition) is 6. The van der Waals surface area contributed by atoms with E-state index in [0.29, 0.717) is 5.56 Å². The number of allylic oxidation sites excluding steroid dienone is 1. The van der Waals surface area contributed by atoms with E-state index in [0.717, 1.165) is 0 Å². The second kappa shape index (κ2) is 7.44. The van der Waals surface area contributed by atoms with Crippen molar-refractivity contribution in [3.8, 4) is 0 Å². The van der Waals surface area contributed by atoms with E-state index in [1.54, 1.807) is 13.8 Å². The van der Waals surface area contributed by atoms with Gasteiger partial charge in [0, 0.05) is 12.3 Å². The van der Waals surface area contributed by atoms with Crippen molar-refractivity contribution in [3.05, 3.63) is 47.5 Å². The first-order valence-electron chi connectivity index (χ1n) is 7.62. The summed E-state index contributed by atoms with van der Waals surface area (Å²) in [6.07, 6.45) is 1.28. The minimum absolute atomic E-state index is 0.0458. The van der Waals surface area contributed by atoms with E-state index in [1.165, 1.54) is 30.3 Å². The molecule has 0 aliphatic carbocycles. The molecule has 0 saturated carbocycles. The largest absolute Gasteiger partial charge is 0.461 e. The molecule has 2 unspecified atom stereocenters. The Morgan fingerprint density at radius 2 is 1.88 bits per heavy atom. The van der Waals surface area contributed by atoms with Gasteiger partial charge >= 0.3 is 17.7 Å². The fraction of sp³-hybridized carbons (Fsp3) is 0.412. The molecule has 0 amide bonds. The summed E-state index contributed by atoms with van der Waals surface area (Å²) in [7, 11) is 0. The van der Waals surface area contributed by atoms with Crippen LogP contribution in [0.1, 0.15) is 31.7 Å².